The van der Waals surface area contributed by atoms with Crippen molar-refractivity contribution in [3.05, 3.63) is 23.4 Å². The zero-order chi connectivity index (χ0) is 9.47. The standard InChI is InChI=1S/C10H15NOSi/c1-13(2,3)10-9-7-12-6-8(9)4-5-11-10/h4-5H,6-7H2,1-3H3. The van der Waals surface area contributed by atoms with Gasteiger partial charge >= 0.3 is 0 Å². The van der Waals surface area contributed by atoms with Crippen LogP contribution in [0.15, 0.2) is 12.3 Å². The summed E-state index contributed by atoms with van der Waals surface area (Å²) >= 11 is 0. The largest absolute Gasteiger partial charge is 0.372 e. The summed E-state index contributed by atoms with van der Waals surface area (Å²) in [5.41, 5.74) is 2.70. The molecule has 1 aliphatic heterocycles. The summed E-state index contributed by atoms with van der Waals surface area (Å²) in [7, 11) is -1.28. The van der Waals surface area contributed by atoms with E-state index in [1.54, 1.807) is 0 Å². The van der Waals surface area contributed by atoms with Gasteiger partial charge in [0.2, 0.25) is 0 Å². The highest BCUT2D eigenvalue weighted by molar-refractivity contribution is 6.88. The average molecular weight is 193 g/mol. The lowest BCUT2D eigenvalue weighted by atomic mass is 10.2. The molecule has 0 atom stereocenters. The van der Waals surface area contributed by atoms with Gasteiger partial charge in [-0.15, -0.1) is 0 Å². The van der Waals surface area contributed by atoms with E-state index >= 15 is 0 Å². The first-order chi connectivity index (χ1) is 6.09. The predicted molar refractivity (Wildman–Crippen MR) is 55.7 cm³/mol. The zero-order valence-corrected chi connectivity index (χ0v) is 9.42. The Balaban J connectivity index is 2.54. The maximum Gasteiger partial charge on any atom is 0.102 e. The van der Waals surface area contributed by atoms with Crippen molar-refractivity contribution in [2.75, 3.05) is 0 Å². The van der Waals surface area contributed by atoms with Gasteiger partial charge in [0.1, 0.15) is 8.07 Å². The van der Waals surface area contributed by atoms with E-state index in [2.05, 4.69) is 30.7 Å². The number of hydrogen-bond donors (Lipinski definition) is 0. The molecule has 0 spiro atoms. The summed E-state index contributed by atoms with van der Waals surface area (Å²) in [4.78, 5) is 4.50. The molecule has 0 bridgehead atoms. The van der Waals surface area contributed by atoms with Gasteiger partial charge in [0, 0.05) is 17.1 Å². The van der Waals surface area contributed by atoms with Crippen LogP contribution in [0.4, 0.5) is 0 Å². The molecule has 0 amide bonds. The van der Waals surface area contributed by atoms with Crippen molar-refractivity contribution in [2.24, 2.45) is 0 Å². The minimum absolute atomic E-state index is 0.767. The molecule has 1 aromatic rings. The Morgan fingerprint density at radius 1 is 1.31 bits per heavy atom. The van der Waals surface area contributed by atoms with Crippen molar-refractivity contribution < 1.29 is 4.74 Å². The van der Waals surface area contributed by atoms with Gasteiger partial charge < -0.3 is 4.74 Å². The van der Waals surface area contributed by atoms with E-state index < -0.39 is 8.07 Å². The molecular formula is C10H15NOSi. The molecule has 13 heavy (non-hydrogen) atoms. The average Bonchev–Trinajstić information content (AvgIpc) is 2.48. The van der Waals surface area contributed by atoms with E-state index in [1.807, 2.05) is 6.20 Å². The van der Waals surface area contributed by atoms with Crippen molar-refractivity contribution in [1.82, 2.24) is 4.98 Å². The van der Waals surface area contributed by atoms with Gasteiger partial charge in [-0.05, 0) is 11.6 Å². The van der Waals surface area contributed by atoms with Gasteiger partial charge in [0.15, 0.2) is 0 Å². The molecule has 2 rings (SSSR count). The third-order valence-electron chi connectivity index (χ3n) is 2.37. The summed E-state index contributed by atoms with van der Waals surface area (Å²) in [6.07, 6.45) is 1.92. The van der Waals surface area contributed by atoms with Crippen LogP contribution in [0.1, 0.15) is 11.1 Å². The lowest BCUT2D eigenvalue weighted by Crippen LogP contribution is -2.42. The predicted octanol–water partition coefficient (Wildman–Crippen LogP) is 1.66. The van der Waals surface area contributed by atoms with Crippen LogP contribution in [-0.4, -0.2) is 13.1 Å². The number of rotatable bonds is 1. The summed E-state index contributed by atoms with van der Waals surface area (Å²) in [6.45, 7) is 8.52. The van der Waals surface area contributed by atoms with E-state index in [0.29, 0.717) is 0 Å². The molecule has 0 N–H and O–H groups in total. The molecule has 0 radical (unpaired) electrons. The molecule has 2 heterocycles. The Morgan fingerprint density at radius 2 is 2.08 bits per heavy atom. The zero-order valence-electron chi connectivity index (χ0n) is 8.42. The van der Waals surface area contributed by atoms with E-state index in [9.17, 15) is 0 Å². The molecule has 2 nitrogen and oxygen atoms in total. The van der Waals surface area contributed by atoms with Crippen LogP contribution in [0, 0.1) is 0 Å². The highest BCUT2D eigenvalue weighted by Gasteiger charge is 2.25. The lowest BCUT2D eigenvalue weighted by Gasteiger charge is -2.18. The fourth-order valence-corrected chi connectivity index (χ4v) is 3.34. The highest BCUT2D eigenvalue weighted by Crippen LogP contribution is 2.18. The molecule has 70 valence electrons. The molecule has 1 aliphatic rings. The van der Waals surface area contributed by atoms with Gasteiger partial charge in [0.05, 0.1) is 13.2 Å². The number of ether oxygens (including phenoxy) is 1. The summed E-state index contributed by atoms with van der Waals surface area (Å²) in [5, 5.41) is 1.32. The van der Waals surface area contributed by atoms with Crippen LogP contribution >= 0.6 is 0 Å². The first kappa shape index (κ1) is 8.90. The van der Waals surface area contributed by atoms with Gasteiger partial charge in [-0.3, -0.25) is 4.98 Å². The normalized spacial score (nSPS) is 15.9. The summed E-state index contributed by atoms with van der Waals surface area (Å²) in [6, 6.07) is 2.08. The highest BCUT2D eigenvalue weighted by atomic mass is 28.3. The Labute approximate surface area is 80.0 Å². The first-order valence-electron chi connectivity index (χ1n) is 4.64. The van der Waals surface area contributed by atoms with Crippen molar-refractivity contribution >= 4 is 13.4 Å². The fourth-order valence-electron chi connectivity index (χ4n) is 1.74. The van der Waals surface area contributed by atoms with E-state index in [4.69, 9.17) is 4.74 Å². The van der Waals surface area contributed by atoms with Gasteiger partial charge in [-0.25, -0.2) is 0 Å². The van der Waals surface area contributed by atoms with Crippen LogP contribution in [0.25, 0.3) is 0 Å². The first-order valence-corrected chi connectivity index (χ1v) is 8.14. The van der Waals surface area contributed by atoms with Crippen molar-refractivity contribution in [3.63, 3.8) is 0 Å². The number of nitrogens with zero attached hydrogens (tertiary/aromatic N) is 1. The van der Waals surface area contributed by atoms with Gasteiger partial charge in [-0.1, -0.05) is 19.6 Å². The van der Waals surface area contributed by atoms with Crippen molar-refractivity contribution in [2.45, 2.75) is 32.9 Å². The molecule has 0 aromatic carbocycles. The smallest absolute Gasteiger partial charge is 0.102 e. The number of hydrogen-bond acceptors (Lipinski definition) is 2. The Kier molecular flexibility index (Phi) is 2.00. The minimum atomic E-state index is -1.28. The molecule has 3 heteroatoms. The molecule has 0 saturated carbocycles. The maximum absolute atomic E-state index is 5.43. The topological polar surface area (TPSA) is 22.1 Å². The minimum Gasteiger partial charge on any atom is -0.372 e. The van der Waals surface area contributed by atoms with Crippen LogP contribution in [0.5, 0.6) is 0 Å². The molecule has 0 fully saturated rings. The van der Waals surface area contributed by atoms with Crippen LogP contribution in [0.2, 0.25) is 19.6 Å². The van der Waals surface area contributed by atoms with Crippen molar-refractivity contribution in [3.8, 4) is 0 Å². The fraction of sp³-hybridized carbons (Fsp3) is 0.500. The second-order valence-corrected chi connectivity index (χ2v) is 9.51. The summed E-state index contributed by atoms with van der Waals surface area (Å²) < 4.78 is 5.43. The third kappa shape index (κ3) is 1.54. The van der Waals surface area contributed by atoms with Crippen LogP contribution in [0.3, 0.4) is 0 Å². The molecule has 0 unspecified atom stereocenters. The second-order valence-electron chi connectivity index (χ2n) is 4.54. The SMILES string of the molecule is C[Si](C)(C)c1nccc2c1COC2. The van der Waals surface area contributed by atoms with E-state index in [0.717, 1.165) is 13.2 Å². The maximum atomic E-state index is 5.43. The number of pyridine rings is 1. The second kappa shape index (κ2) is 2.92. The number of fused-ring (bicyclic) bond motifs is 1. The molecule has 1 aromatic heterocycles. The van der Waals surface area contributed by atoms with E-state index in [1.165, 1.54) is 16.4 Å². The molecule has 0 saturated heterocycles. The van der Waals surface area contributed by atoms with Gasteiger partial charge in [0.25, 0.3) is 0 Å². The van der Waals surface area contributed by atoms with E-state index in [-0.39, 0.29) is 0 Å². The summed E-state index contributed by atoms with van der Waals surface area (Å²) in [5.74, 6) is 0. The monoisotopic (exact) mass is 193 g/mol. The molecule has 0 aliphatic carbocycles. The van der Waals surface area contributed by atoms with Crippen molar-refractivity contribution in [1.29, 1.82) is 0 Å². The van der Waals surface area contributed by atoms with Crippen LogP contribution < -0.4 is 5.32 Å². The Morgan fingerprint density at radius 3 is 2.77 bits per heavy atom. The Hall–Kier alpha value is -0.673. The Bertz CT molecular complexity index is 330. The lowest BCUT2D eigenvalue weighted by molar-refractivity contribution is 0.134. The van der Waals surface area contributed by atoms with Gasteiger partial charge in [-0.2, -0.15) is 0 Å². The van der Waals surface area contributed by atoms with Crippen LogP contribution in [-0.2, 0) is 18.0 Å². The molecular weight excluding hydrogens is 178 g/mol. The quantitative estimate of drug-likeness (QED) is 0.633. The third-order valence-corrected chi connectivity index (χ3v) is 4.22. The number of aromatic nitrogens is 1.